The van der Waals surface area contributed by atoms with E-state index in [1.165, 1.54) is 18.6 Å². The number of hydrogen-bond acceptors (Lipinski definition) is 5. The summed E-state index contributed by atoms with van der Waals surface area (Å²) in [5.74, 6) is -0.426. The zero-order chi connectivity index (χ0) is 21.3. The van der Waals surface area contributed by atoms with Crippen molar-refractivity contribution in [3.05, 3.63) is 59.5 Å². The molecule has 0 saturated carbocycles. The van der Waals surface area contributed by atoms with Crippen molar-refractivity contribution in [2.24, 2.45) is 0 Å². The van der Waals surface area contributed by atoms with Gasteiger partial charge in [0, 0.05) is 19.2 Å². The first-order valence-electron chi connectivity index (χ1n) is 10.2. The molecule has 0 bridgehead atoms. The van der Waals surface area contributed by atoms with Crippen LogP contribution in [0.25, 0.3) is 0 Å². The summed E-state index contributed by atoms with van der Waals surface area (Å²) in [5.41, 5.74) is 7.15. The van der Waals surface area contributed by atoms with E-state index in [2.05, 4.69) is 20.5 Å². The zero-order valence-corrected chi connectivity index (χ0v) is 16.9. The average Bonchev–Trinajstić information content (AvgIpc) is 2.75. The maximum atomic E-state index is 13.2. The molecule has 2 aromatic rings. The highest BCUT2D eigenvalue weighted by Crippen LogP contribution is 2.09. The van der Waals surface area contributed by atoms with Gasteiger partial charge in [-0.05, 0) is 55.3 Å². The molecule has 1 aliphatic heterocycles. The van der Waals surface area contributed by atoms with Crippen LogP contribution >= 0.6 is 0 Å². The van der Waals surface area contributed by atoms with E-state index < -0.39 is 6.04 Å². The molecule has 1 saturated heterocycles. The van der Waals surface area contributed by atoms with Crippen molar-refractivity contribution in [2.75, 3.05) is 25.4 Å². The van der Waals surface area contributed by atoms with Gasteiger partial charge >= 0.3 is 0 Å². The van der Waals surface area contributed by atoms with Gasteiger partial charge in [0.25, 0.3) is 0 Å². The van der Waals surface area contributed by atoms with Crippen molar-refractivity contribution in [2.45, 2.75) is 38.3 Å². The third-order valence-corrected chi connectivity index (χ3v) is 5.14. The van der Waals surface area contributed by atoms with E-state index >= 15 is 0 Å². The molecule has 1 fully saturated rings. The van der Waals surface area contributed by atoms with Crippen LogP contribution < -0.4 is 16.4 Å². The summed E-state index contributed by atoms with van der Waals surface area (Å²) in [4.78, 5) is 31.5. The second-order valence-corrected chi connectivity index (χ2v) is 7.60. The largest absolute Gasteiger partial charge is 0.384 e. The van der Waals surface area contributed by atoms with Crippen molar-refractivity contribution < 1.29 is 14.0 Å². The van der Waals surface area contributed by atoms with Crippen LogP contribution in [-0.2, 0) is 22.6 Å². The molecule has 4 N–H and O–H groups in total. The van der Waals surface area contributed by atoms with Gasteiger partial charge in [-0.3, -0.25) is 14.5 Å². The molecule has 1 aliphatic rings. The number of pyridine rings is 1. The van der Waals surface area contributed by atoms with E-state index in [-0.39, 0.29) is 37.1 Å². The number of benzene rings is 1. The fraction of sp³-hybridized carbons (Fsp3) is 0.409. The molecule has 8 heteroatoms. The fourth-order valence-electron chi connectivity index (χ4n) is 3.48. The molecule has 1 aromatic carbocycles. The number of anilines is 1. The first kappa shape index (κ1) is 21.7. The number of amides is 2. The normalized spacial score (nSPS) is 15.4. The summed E-state index contributed by atoms with van der Waals surface area (Å²) < 4.78 is 13.2. The molecule has 0 aliphatic carbocycles. The second-order valence-electron chi connectivity index (χ2n) is 7.60. The van der Waals surface area contributed by atoms with Crippen molar-refractivity contribution in [1.29, 1.82) is 0 Å². The summed E-state index contributed by atoms with van der Waals surface area (Å²) in [6.07, 6.45) is 5.23. The van der Waals surface area contributed by atoms with Crippen LogP contribution in [0.5, 0.6) is 0 Å². The van der Waals surface area contributed by atoms with Gasteiger partial charge < -0.3 is 16.4 Å². The number of nitrogen functional groups attached to an aromatic ring is 1. The summed E-state index contributed by atoms with van der Waals surface area (Å²) in [6.45, 7) is 2.34. The first-order chi connectivity index (χ1) is 14.5. The van der Waals surface area contributed by atoms with Gasteiger partial charge in [0.15, 0.2) is 0 Å². The molecule has 0 radical (unpaired) electrons. The number of nitrogens with two attached hydrogens (primary N) is 1. The van der Waals surface area contributed by atoms with Gasteiger partial charge in [-0.1, -0.05) is 24.6 Å². The van der Waals surface area contributed by atoms with E-state index in [0.717, 1.165) is 37.1 Å². The highest BCUT2D eigenvalue weighted by molar-refractivity contribution is 5.88. The standard InChI is InChI=1S/C22H28FN5O2/c23-18-7-4-16(5-8-18)12-19(27-21(29)15-28-10-2-1-3-11-28)22(30)26-14-17-6-9-20(24)25-13-17/h4-9,13,19H,1-3,10-12,14-15H2,(H2,24,25)(H,26,30)(H,27,29). The SMILES string of the molecule is Nc1ccc(CNC(=O)C(Cc2ccc(F)cc2)NC(=O)CN2CCCCC2)cn1. The van der Waals surface area contributed by atoms with Gasteiger partial charge in [-0.25, -0.2) is 9.37 Å². The number of aromatic nitrogens is 1. The second kappa shape index (κ2) is 10.7. The molecular formula is C22H28FN5O2. The number of hydrogen-bond donors (Lipinski definition) is 3. The highest BCUT2D eigenvalue weighted by Gasteiger charge is 2.23. The van der Waals surface area contributed by atoms with E-state index in [0.29, 0.717) is 5.82 Å². The monoisotopic (exact) mass is 413 g/mol. The Morgan fingerprint density at radius 1 is 1.07 bits per heavy atom. The lowest BCUT2D eigenvalue weighted by atomic mass is 10.0. The molecule has 2 heterocycles. The number of likely N-dealkylation sites (tertiary alicyclic amines) is 1. The summed E-state index contributed by atoms with van der Waals surface area (Å²) >= 11 is 0. The van der Waals surface area contributed by atoms with Crippen LogP contribution in [0.4, 0.5) is 10.2 Å². The number of rotatable bonds is 8. The highest BCUT2D eigenvalue weighted by atomic mass is 19.1. The molecule has 30 heavy (non-hydrogen) atoms. The Morgan fingerprint density at radius 2 is 1.77 bits per heavy atom. The van der Waals surface area contributed by atoms with E-state index in [4.69, 9.17) is 5.73 Å². The Labute approximate surface area is 175 Å². The molecule has 2 amide bonds. The van der Waals surface area contributed by atoms with Crippen LogP contribution in [0.3, 0.4) is 0 Å². The number of carbonyl (C=O) groups excluding carboxylic acids is 2. The Bertz CT molecular complexity index is 836. The minimum Gasteiger partial charge on any atom is -0.384 e. The average molecular weight is 413 g/mol. The lowest BCUT2D eigenvalue weighted by Gasteiger charge is -2.27. The number of carbonyl (C=O) groups is 2. The molecule has 1 aromatic heterocycles. The van der Waals surface area contributed by atoms with E-state index in [1.54, 1.807) is 30.5 Å². The zero-order valence-electron chi connectivity index (χ0n) is 16.9. The van der Waals surface area contributed by atoms with Crippen LogP contribution in [-0.4, -0.2) is 47.4 Å². The third-order valence-electron chi connectivity index (χ3n) is 5.14. The number of nitrogens with one attached hydrogen (secondary N) is 2. The molecule has 7 nitrogen and oxygen atoms in total. The summed E-state index contributed by atoms with van der Waals surface area (Å²) in [7, 11) is 0. The van der Waals surface area contributed by atoms with Gasteiger partial charge in [0.2, 0.25) is 11.8 Å². The lowest BCUT2D eigenvalue weighted by molar-refractivity contribution is -0.129. The van der Waals surface area contributed by atoms with Crippen LogP contribution in [0.2, 0.25) is 0 Å². The number of halogens is 1. The molecule has 160 valence electrons. The maximum absolute atomic E-state index is 13.2. The number of piperidine rings is 1. The smallest absolute Gasteiger partial charge is 0.243 e. The quantitative estimate of drug-likeness (QED) is 0.611. The molecule has 3 rings (SSSR count). The van der Waals surface area contributed by atoms with Gasteiger partial charge in [-0.2, -0.15) is 0 Å². The van der Waals surface area contributed by atoms with Gasteiger partial charge in [0.05, 0.1) is 6.54 Å². The topological polar surface area (TPSA) is 100 Å². The van der Waals surface area contributed by atoms with Crippen LogP contribution in [0.15, 0.2) is 42.6 Å². The molecule has 1 atom stereocenters. The number of nitrogens with zero attached hydrogens (tertiary/aromatic N) is 2. The minimum atomic E-state index is -0.755. The predicted octanol–water partition coefficient (Wildman–Crippen LogP) is 1.63. The third kappa shape index (κ3) is 6.81. The van der Waals surface area contributed by atoms with Gasteiger partial charge in [-0.15, -0.1) is 0 Å². The minimum absolute atomic E-state index is 0.187. The van der Waals surface area contributed by atoms with Crippen molar-refractivity contribution in [1.82, 2.24) is 20.5 Å². The maximum Gasteiger partial charge on any atom is 0.243 e. The van der Waals surface area contributed by atoms with Crippen molar-refractivity contribution in [3.8, 4) is 0 Å². The van der Waals surface area contributed by atoms with E-state index in [9.17, 15) is 14.0 Å². The predicted molar refractivity (Wildman–Crippen MR) is 113 cm³/mol. The Balaban J connectivity index is 1.62. The van der Waals surface area contributed by atoms with E-state index in [1.807, 2.05) is 0 Å². The Kier molecular flexibility index (Phi) is 7.73. The summed E-state index contributed by atoms with van der Waals surface area (Å²) in [5, 5.41) is 5.69. The van der Waals surface area contributed by atoms with Crippen LogP contribution in [0, 0.1) is 5.82 Å². The molecule has 0 spiro atoms. The Morgan fingerprint density at radius 3 is 2.43 bits per heavy atom. The molecular weight excluding hydrogens is 385 g/mol. The van der Waals surface area contributed by atoms with Gasteiger partial charge in [0.1, 0.15) is 17.7 Å². The molecule has 1 unspecified atom stereocenters. The van der Waals surface area contributed by atoms with Crippen molar-refractivity contribution >= 4 is 17.6 Å². The van der Waals surface area contributed by atoms with Crippen molar-refractivity contribution in [3.63, 3.8) is 0 Å². The first-order valence-corrected chi connectivity index (χ1v) is 10.2. The lowest BCUT2D eigenvalue weighted by Crippen LogP contribution is -2.50. The summed E-state index contributed by atoms with van der Waals surface area (Å²) in [6, 6.07) is 8.63. The fourth-order valence-corrected chi connectivity index (χ4v) is 3.48. The van der Waals surface area contributed by atoms with Crippen LogP contribution in [0.1, 0.15) is 30.4 Å². The Hall–Kier alpha value is -3.00.